The van der Waals surface area contributed by atoms with Gasteiger partial charge in [0.15, 0.2) is 11.5 Å². The molecule has 2 aliphatic rings. The number of rotatable bonds is 6. The number of carbonyl (C=O) groups excluding carboxylic acids is 2. The van der Waals surface area contributed by atoms with Crippen molar-refractivity contribution in [3.63, 3.8) is 0 Å². The zero-order valence-electron chi connectivity index (χ0n) is 18.7. The number of halogens is 2. The van der Waals surface area contributed by atoms with Crippen molar-refractivity contribution in [3.05, 3.63) is 71.3 Å². The van der Waals surface area contributed by atoms with Crippen molar-refractivity contribution in [1.29, 1.82) is 0 Å². The van der Waals surface area contributed by atoms with Crippen molar-refractivity contribution in [2.45, 2.75) is 24.6 Å². The van der Waals surface area contributed by atoms with Crippen molar-refractivity contribution < 1.29 is 42.5 Å². The molecule has 2 aromatic carbocycles. The number of anilines is 1. The number of nitrogens with zero attached hydrogens (tertiary/aromatic N) is 1. The van der Waals surface area contributed by atoms with Crippen LogP contribution in [0.15, 0.2) is 54.6 Å². The molecule has 1 aromatic heterocycles. The molecule has 0 radical (unpaired) electrons. The highest BCUT2D eigenvalue weighted by Crippen LogP contribution is 2.52. The van der Waals surface area contributed by atoms with Crippen molar-refractivity contribution >= 4 is 23.7 Å². The number of aromatic nitrogens is 1. The average Bonchev–Trinajstić information content (AvgIpc) is 3.60. The van der Waals surface area contributed by atoms with E-state index in [9.17, 15) is 28.3 Å². The third-order valence-electron chi connectivity index (χ3n) is 6.06. The van der Waals surface area contributed by atoms with Gasteiger partial charge in [0, 0.05) is 5.56 Å². The standard InChI is InChI=1S/C25H18F2N2O7/c1-34-22(32)16-6-8-19(28-20(16)13-3-2-4-14(11-13)21(30)31)29-23(33)24(9-10-24)15-5-7-17-18(12-15)36-25(26,27)35-17/h2-8,11-12H,9-10H2,1H3,(H,30,31)(H,28,29,33). The molecule has 3 aromatic rings. The minimum atomic E-state index is -3.76. The molecular formula is C25H18F2N2O7. The molecule has 1 amide bonds. The van der Waals surface area contributed by atoms with E-state index >= 15 is 0 Å². The number of carbonyl (C=O) groups is 3. The Morgan fingerprint density at radius 1 is 1.03 bits per heavy atom. The maximum atomic E-state index is 13.4. The first-order valence-corrected chi connectivity index (χ1v) is 10.8. The van der Waals surface area contributed by atoms with Crippen LogP contribution in [0.5, 0.6) is 11.5 Å². The molecular weight excluding hydrogens is 478 g/mol. The monoisotopic (exact) mass is 496 g/mol. The number of carboxylic acid groups (broad SMARTS) is 1. The first-order chi connectivity index (χ1) is 17.1. The van der Waals surface area contributed by atoms with Crippen molar-refractivity contribution in [2.75, 3.05) is 12.4 Å². The zero-order valence-corrected chi connectivity index (χ0v) is 18.7. The maximum absolute atomic E-state index is 13.4. The topological polar surface area (TPSA) is 124 Å². The van der Waals surface area contributed by atoms with E-state index in [1.807, 2.05) is 0 Å². The Kier molecular flexibility index (Phi) is 5.35. The minimum Gasteiger partial charge on any atom is -0.478 e. The first kappa shape index (κ1) is 23.2. The molecule has 5 rings (SSSR count). The molecule has 9 nitrogen and oxygen atoms in total. The number of pyridine rings is 1. The smallest absolute Gasteiger partial charge is 0.478 e. The number of aromatic carboxylic acids is 1. The van der Waals surface area contributed by atoms with Crippen LogP contribution in [-0.4, -0.2) is 41.3 Å². The number of nitrogens with one attached hydrogen (secondary N) is 1. The number of amides is 1. The van der Waals surface area contributed by atoms with E-state index in [1.54, 1.807) is 6.07 Å². The molecule has 1 aliphatic heterocycles. The van der Waals surface area contributed by atoms with Gasteiger partial charge in [0.1, 0.15) is 5.82 Å². The van der Waals surface area contributed by atoms with Gasteiger partial charge in [-0.15, -0.1) is 8.78 Å². The molecule has 1 aliphatic carbocycles. The summed E-state index contributed by atoms with van der Waals surface area (Å²) in [5.74, 6) is -2.42. The molecule has 2 heterocycles. The van der Waals surface area contributed by atoms with Gasteiger partial charge in [0.2, 0.25) is 5.91 Å². The number of hydrogen-bond donors (Lipinski definition) is 2. The van der Waals surface area contributed by atoms with Crippen molar-refractivity contribution in [1.82, 2.24) is 4.98 Å². The third kappa shape index (κ3) is 4.08. The summed E-state index contributed by atoms with van der Waals surface area (Å²) < 4.78 is 40.5. The van der Waals surface area contributed by atoms with Crippen LogP contribution in [0.3, 0.4) is 0 Å². The number of alkyl halides is 2. The van der Waals surface area contributed by atoms with Gasteiger partial charge < -0.3 is 24.6 Å². The van der Waals surface area contributed by atoms with Gasteiger partial charge in [-0.05, 0) is 54.8 Å². The Morgan fingerprint density at radius 2 is 1.78 bits per heavy atom. The van der Waals surface area contributed by atoms with E-state index in [2.05, 4.69) is 19.8 Å². The van der Waals surface area contributed by atoms with Crippen LogP contribution in [0.1, 0.15) is 39.1 Å². The summed E-state index contributed by atoms with van der Waals surface area (Å²) in [6.07, 6.45) is -2.81. The predicted octanol–water partition coefficient (Wildman–Crippen LogP) is 4.23. The second kappa shape index (κ2) is 8.29. The second-order valence-corrected chi connectivity index (χ2v) is 8.34. The van der Waals surface area contributed by atoms with Crippen LogP contribution < -0.4 is 14.8 Å². The van der Waals surface area contributed by atoms with E-state index in [0.29, 0.717) is 24.0 Å². The van der Waals surface area contributed by atoms with E-state index in [-0.39, 0.29) is 34.1 Å². The molecule has 184 valence electrons. The fraction of sp³-hybridized carbons (Fsp3) is 0.200. The molecule has 1 saturated carbocycles. The van der Waals surface area contributed by atoms with Crippen LogP contribution >= 0.6 is 0 Å². The van der Waals surface area contributed by atoms with Crippen LogP contribution in [0.2, 0.25) is 0 Å². The van der Waals surface area contributed by atoms with Crippen molar-refractivity contribution in [2.24, 2.45) is 0 Å². The predicted molar refractivity (Wildman–Crippen MR) is 120 cm³/mol. The van der Waals surface area contributed by atoms with E-state index < -0.39 is 29.6 Å². The van der Waals surface area contributed by atoms with Crippen molar-refractivity contribution in [3.8, 4) is 22.8 Å². The van der Waals surface area contributed by atoms with Gasteiger partial charge in [-0.3, -0.25) is 4.79 Å². The summed E-state index contributed by atoms with van der Waals surface area (Å²) in [5, 5.41) is 12.0. The SMILES string of the molecule is COC(=O)c1ccc(NC(=O)C2(c3ccc4c(c3)OC(F)(F)O4)CC2)nc1-c1cccc(C(=O)O)c1. The molecule has 0 spiro atoms. The highest BCUT2D eigenvalue weighted by molar-refractivity contribution is 6.02. The molecule has 36 heavy (non-hydrogen) atoms. The maximum Gasteiger partial charge on any atom is 0.586 e. The highest BCUT2D eigenvalue weighted by Gasteiger charge is 2.53. The third-order valence-corrected chi connectivity index (χ3v) is 6.06. The van der Waals surface area contributed by atoms with Gasteiger partial charge >= 0.3 is 18.2 Å². The summed E-state index contributed by atoms with van der Waals surface area (Å²) in [5.41, 5.74) is 0.0472. The lowest BCUT2D eigenvalue weighted by molar-refractivity contribution is -0.286. The largest absolute Gasteiger partial charge is 0.586 e. The number of benzene rings is 2. The molecule has 1 fully saturated rings. The lowest BCUT2D eigenvalue weighted by Gasteiger charge is -2.17. The van der Waals surface area contributed by atoms with Gasteiger partial charge in [-0.1, -0.05) is 18.2 Å². The summed E-state index contributed by atoms with van der Waals surface area (Å²) in [6, 6.07) is 12.9. The van der Waals surface area contributed by atoms with Crippen LogP contribution in [0.4, 0.5) is 14.6 Å². The molecule has 11 heteroatoms. The molecule has 0 atom stereocenters. The Hall–Kier alpha value is -4.54. The molecule has 0 bridgehead atoms. The van der Waals surface area contributed by atoms with Gasteiger partial charge in [0.05, 0.1) is 29.3 Å². The number of hydrogen-bond acceptors (Lipinski definition) is 7. The van der Waals surface area contributed by atoms with Gasteiger partial charge in [-0.2, -0.15) is 0 Å². The number of ether oxygens (including phenoxy) is 3. The number of fused-ring (bicyclic) bond motifs is 1. The van der Waals surface area contributed by atoms with Crippen LogP contribution in [0.25, 0.3) is 11.3 Å². The molecule has 2 N–H and O–H groups in total. The zero-order chi connectivity index (χ0) is 25.7. The van der Waals surface area contributed by atoms with E-state index in [1.165, 1.54) is 55.6 Å². The summed E-state index contributed by atoms with van der Waals surface area (Å²) in [7, 11) is 1.20. The fourth-order valence-electron chi connectivity index (χ4n) is 4.08. The average molecular weight is 496 g/mol. The van der Waals surface area contributed by atoms with Crippen LogP contribution in [-0.2, 0) is 14.9 Å². The first-order valence-electron chi connectivity index (χ1n) is 10.8. The lowest BCUT2D eigenvalue weighted by atomic mass is 9.94. The molecule has 0 saturated heterocycles. The van der Waals surface area contributed by atoms with Gasteiger partial charge in [-0.25, -0.2) is 14.6 Å². The minimum absolute atomic E-state index is 0.00938. The summed E-state index contributed by atoms with van der Waals surface area (Å²) >= 11 is 0. The summed E-state index contributed by atoms with van der Waals surface area (Å²) in [6.45, 7) is 0. The van der Waals surface area contributed by atoms with E-state index in [4.69, 9.17) is 4.74 Å². The quantitative estimate of drug-likeness (QED) is 0.486. The number of esters is 1. The fourth-order valence-corrected chi connectivity index (χ4v) is 4.08. The Morgan fingerprint density at radius 3 is 2.47 bits per heavy atom. The Bertz CT molecular complexity index is 1420. The van der Waals surface area contributed by atoms with E-state index in [0.717, 1.165) is 0 Å². The Labute approximate surface area is 202 Å². The van der Waals surface area contributed by atoms with Gasteiger partial charge in [0.25, 0.3) is 0 Å². The summed E-state index contributed by atoms with van der Waals surface area (Å²) in [4.78, 5) is 41.4. The van der Waals surface area contributed by atoms with Crippen LogP contribution in [0, 0.1) is 0 Å². The number of methoxy groups -OCH3 is 1. The Balaban J connectivity index is 1.45. The second-order valence-electron chi connectivity index (χ2n) is 8.34. The lowest BCUT2D eigenvalue weighted by Crippen LogP contribution is -2.28. The highest BCUT2D eigenvalue weighted by atomic mass is 19.3. The normalized spacial score (nSPS) is 16.2. The molecule has 0 unspecified atom stereocenters. The number of carboxylic acids is 1.